The Hall–Kier alpha value is -2.18. The van der Waals surface area contributed by atoms with Gasteiger partial charge in [0.1, 0.15) is 0 Å². The summed E-state index contributed by atoms with van der Waals surface area (Å²) in [5, 5.41) is 0. The summed E-state index contributed by atoms with van der Waals surface area (Å²) < 4.78 is 27.6. The Bertz CT molecular complexity index is 979. The SMILES string of the molecule is CCN1C(=O)CCc2cc(CNS(=O)(=O)Cc3ccc(C4CC4)cc3)ccc21. The molecule has 148 valence electrons. The summed E-state index contributed by atoms with van der Waals surface area (Å²) >= 11 is 0. The van der Waals surface area contributed by atoms with Crippen LogP contribution in [0.1, 0.15) is 54.4 Å². The van der Waals surface area contributed by atoms with Crippen LogP contribution in [0, 0.1) is 0 Å². The van der Waals surface area contributed by atoms with E-state index in [0.717, 1.165) is 22.4 Å². The van der Waals surface area contributed by atoms with Gasteiger partial charge in [0.25, 0.3) is 0 Å². The molecule has 0 saturated heterocycles. The van der Waals surface area contributed by atoms with Crippen molar-refractivity contribution in [1.82, 2.24) is 4.72 Å². The summed E-state index contributed by atoms with van der Waals surface area (Å²) in [5.41, 5.74) is 5.08. The topological polar surface area (TPSA) is 66.5 Å². The van der Waals surface area contributed by atoms with Crippen molar-refractivity contribution in [1.29, 1.82) is 0 Å². The van der Waals surface area contributed by atoms with Crippen LogP contribution in [-0.4, -0.2) is 20.9 Å². The summed E-state index contributed by atoms with van der Waals surface area (Å²) in [5.74, 6) is 0.809. The first-order valence-electron chi connectivity index (χ1n) is 9.93. The van der Waals surface area contributed by atoms with Crippen molar-refractivity contribution in [2.75, 3.05) is 11.4 Å². The smallest absolute Gasteiger partial charge is 0.227 e. The molecule has 1 heterocycles. The molecule has 1 N–H and O–H groups in total. The number of amides is 1. The largest absolute Gasteiger partial charge is 0.312 e. The summed E-state index contributed by atoms with van der Waals surface area (Å²) in [4.78, 5) is 13.8. The molecule has 1 aliphatic heterocycles. The van der Waals surface area contributed by atoms with Gasteiger partial charge in [-0.15, -0.1) is 0 Å². The van der Waals surface area contributed by atoms with E-state index in [4.69, 9.17) is 0 Å². The van der Waals surface area contributed by atoms with E-state index in [1.54, 1.807) is 4.90 Å². The number of fused-ring (bicyclic) bond motifs is 1. The van der Waals surface area contributed by atoms with E-state index in [0.29, 0.717) is 25.3 Å². The lowest BCUT2D eigenvalue weighted by atomic mass is 9.99. The zero-order valence-corrected chi connectivity index (χ0v) is 17.0. The van der Waals surface area contributed by atoms with Crippen LogP contribution in [0.15, 0.2) is 42.5 Å². The van der Waals surface area contributed by atoms with E-state index in [-0.39, 0.29) is 18.2 Å². The third kappa shape index (κ3) is 4.28. The lowest BCUT2D eigenvalue weighted by molar-refractivity contribution is -0.118. The Morgan fingerprint density at radius 3 is 2.43 bits per heavy atom. The van der Waals surface area contributed by atoms with Gasteiger partial charge in [-0.1, -0.05) is 36.4 Å². The van der Waals surface area contributed by atoms with Crippen LogP contribution in [-0.2, 0) is 33.5 Å². The van der Waals surface area contributed by atoms with Gasteiger partial charge in [-0.2, -0.15) is 0 Å². The zero-order valence-electron chi connectivity index (χ0n) is 16.1. The van der Waals surface area contributed by atoms with Gasteiger partial charge in [0, 0.05) is 25.2 Å². The molecule has 1 saturated carbocycles. The zero-order chi connectivity index (χ0) is 19.7. The van der Waals surface area contributed by atoms with Crippen LogP contribution in [0.4, 0.5) is 5.69 Å². The van der Waals surface area contributed by atoms with Gasteiger partial charge in [-0.05, 0) is 60.4 Å². The monoisotopic (exact) mass is 398 g/mol. The Morgan fingerprint density at radius 2 is 1.75 bits per heavy atom. The van der Waals surface area contributed by atoms with E-state index < -0.39 is 10.0 Å². The molecule has 2 aliphatic rings. The Morgan fingerprint density at radius 1 is 1.04 bits per heavy atom. The molecule has 2 aromatic rings. The number of hydrogen-bond acceptors (Lipinski definition) is 3. The second-order valence-electron chi connectivity index (χ2n) is 7.70. The molecule has 6 heteroatoms. The molecule has 0 aromatic heterocycles. The first-order chi connectivity index (χ1) is 13.4. The highest BCUT2D eigenvalue weighted by Crippen LogP contribution is 2.39. The fourth-order valence-corrected chi connectivity index (χ4v) is 4.96. The second-order valence-corrected chi connectivity index (χ2v) is 9.50. The van der Waals surface area contributed by atoms with Gasteiger partial charge in [0.15, 0.2) is 0 Å². The van der Waals surface area contributed by atoms with Gasteiger partial charge in [0.2, 0.25) is 15.9 Å². The molecule has 0 bridgehead atoms. The molecule has 0 spiro atoms. The predicted octanol–water partition coefficient (Wildman–Crippen LogP) is 3.48. The van der Waals surface area contributed by atoms with Crippen LogP contribution in [0.2, 0.25) is 0 Å². The van der Waals surface area contributed by atoms with E-state index in [1.165, 1.54) is 18.4 Å². The average molecular weight is 399 g/mol. The second kappa shape index (κ2) is 7.68. The van der Waals surface area contributed by atoms with Crippen molar-refractivity contribution in [3.8, 4) is 0 Å². The third-order valence-corrected chi connectivity index (χ3v) is 6.84. The minimum absolute atomic E-state index is 0.0129. The maximum atomic E-state index is 12.5. The fraction of sp³-hybridized carbons (Fsp3) is 0.409. The van der Waals surface area contributed by atoms with Crippen molar-refractivity contribution in [3.63, 3.8) is 0 Å². The standard InChI is InChI=1S/C22H26N2O3S/c1-2-24-21-11-5-17(13-20(21)10-12-22(24)25)14-23-28(26,27)15-16-3-6-18(7-4-16)19-8-9-19/h3-7,11,13,19,23H,2,8-10,12,14-15H2,1H3. The number of anilines is 1. The van der Waals surface area contributed by atoms with Crippen LogP contribution < -0.4 is 9.62 Å². The molecule has 1 aliphatic carbocycles. The quantitative estimate of drug-likeness (QED) is 0.776. The van der Waals surface area contributed by atoms with Crippen molar-refractivity contribution in [3.05, 3.63) is 64.7 Å². The van der Waals surface area contributed by atoms with E-state index in [2.05, 4.69) is 4.72 Å². The molecule has 0 unspecified atom stereocenters. The Kier molecular flexibility index (Phi) is 5.25. The fourth-order valence-electron chi connectivity index (χ4n) is 3.84. The first-order valence-corrected chi connectivity index (χ1v) is 11.6. The number of rotatable bonds is 7. The van der Waals surface area contributed by atoms with Gasteiger partial charge >= 0.3 is 0 Å². The number of nitrogens with zero attached hydrogens (tertiary/aromatic N) is 1. The maximum Gasteiger partial charge on any atom is 0.227 e. The van der Waals surface area contributed by atoms with Crippen molar-refractivity contribution < 1.29 is 13.2 Å². The van der Waals surface area contributed by atoms with Gasteiger partial charge in [-0.25, -0.2) is 13.1 Å². The molecular formula is C22H26N2O3S. The molecule has 1 fully saturated rings. The number of sulfonamides is 1. The number of carbonyl (C=O) groups excluding carboxylic acids is 1. The lowest BCUT2D eigenvalue weighted by Crippen LogP contribution is -2.34. The first kappa shape index (κ1) is 19.2. The van der Waals surface area contributed by atoms with Gasteiger partial charge in [0.05, 0.1) is 5.75 Å². The van der Waals surface area contributed by atoms with Crippen LogP contribution >= 0.6 is 0 Å². The molecule has 0 atom stereocenters. The molecule has 5 nitrogen and oxygen atoms in total. The average Bonchev–Trinajstić information content (AvgIpc) is 3.52. The number of aryl methyl sites for hydroxylation is 1. The van der Waals surface area contributed by atoms with Gasteiger partial charge in [-0.3, -0.25) is 4.79 Å². The summed E-state index contributed by atoms with van der Waals surface area (Å²) in [7, 11) is -3.41. The Labute approximate surface area is 166 Å². The molecular weight excluding hydrogens is 372 g/mol. The van der Waals surface area contributed by atoms with Crippen molar-refractivity contribution in [2.24, 2.45) is 0 Å². The highest BCUT2D eigenvalue weighted by molar-refractivity contribution is 7.88. The van der Waals surface area contributed by atoms with Crippen LogP contribution in [0.3, 0.4) is 0 Å². The number of carbonyl (C=O) groups is 1. The van der Waals surface area contributed by atoms with Crippen molar-refractivity contribution >= 4 is 21.6 Å². The van der Waals surface area contributed by atoms with Crippen molar-refractivity contribution in [2.45, 2.75) is 50.8 Å². The molecule has 0 radical (unpaired) electrons. The molecule has 28 heavy (non-hydrogen) atoms. The normalized spacial score (nSPS) is 16.9. The van der Waals surface area contributed by atoms with Crippen LogP contribution in [0.5, 0.6) is 0 Å². The number of benzene rings is 2. The molecule has 1 amide bonds. The maximum absolute atomic E-state index is 12.5. The summed E-state index contributed by atoms with van der Waals surface area (Å²) in [6.07, 6.45) is 3.69. The highest BCUT2D eigenvalue weighted by Gasteiger charge is 2.24. The summed E-state index contributed by atoms with van der Waals surface area (Å²) in [6.45, 7) is 2.87. The van der Waals surface area contributed by atoms with Gasteiger partial charge < -0.3 is 4.90 Å². The minimum atomic E-state index is -3.41. The van der Waals surface area contributed by atoms with E-state index in [1.807, 2.05) is 49.4 Å². The third-order valence-electron chi connectivity index (χ3n) is 5.54. The summed E-state index contributed by atoms with van der Waals surface area (Å²) in [6, 6.07) is 13.8. The lowest BCUT2D eigenvalue weighted by Gasteiger charge is -2.28. The predicted molar refractivity (Wildman–Crippen MR) is 111 cm³/mol. The molecule has 2 aromatic carbocycles. The minimum Gasteiger partial charge on any atom is -0.312 e. The Balaban J connectivity index is 1.39. The molecule has 4 rings (SSSR count). The number of hydrogen-bond donors (Lipinski definition) is 1. The van der Waals surface area contributed by atoms with E-state index in [9.17, 15) is 13.2 Å². The van der Waals surface area contributed by atoms with E-state index >= 15 is 0 Å². The van der Waals surface area contributed by atoms with Crippen LogP contribution in [0.25, 0.3) is 0 Å². The number of nitrogens with one attached hydrogen (secondary N) is 1. The highest BCUT2D eigenvalue weighted by atomic mass is 32.2.